The van der Waals surface area contributed by atoms with Gasteiger partial charge in [0, 0.05) is 24.7 Å². The largest absolute Gasteiger partial charge is 0.494 e. The fourth-order valence-electron chi connectivity index (χ4n) is 4.37. The van der Waals surface area contributed by atoms with Crippen LogP contribution in [-0.2, 0) is 17.8 Å². The number of aliphatic hydroxyl groups is 1. The number of carbonyl (C=O) groups excluding carboxylic acids is 1. The molecule has 2 aromatic carbocycles. The number of carbonyl (C=O) groups is 1. The van der Waals surface area contributed by atoms with Crippen LogP contribution in [0.2, 0.25) is 0 Å². The van der Waals surface area contributed by atoms with E-state index in [4.69, 9.17) is 4.74 Å². The minimum atomic E-state index is 0.00217. The minimum Gasteiger partial charge on any atom is -0.494 e. The Kier molecular flexibility index (Phi) is 6.16. The summed E-state index contributed by atoms with van der Waals surface area (Å²) >= 11 is 0. The van der Waals surface area contributed by atoms with Crippen molar-refractivity contribution in [2.24, 2.45) is 0 Å². The molecule has 0 saturated carbocycles. The number of hydrogen-bond acceptors (Lipinski definition) is 4. The highest BCUT2D eigenvalue weighted by molar-refractivity contribution is 6.03. The standard InChI is InChI=1S/C24H30N2O3/c1-18-4-2-13-25(18)14-3-15-29-22-10-11-23-20(16-22)7-12-24(28)26(23)21-8-5-19(17-27)6-9-21/h5-6,8-11,16,18,27H,2-4,7,12-15,17H2,1H3/t18-/m1/s1. The topological polar surface area (TPSA) is 53.0 Å². The Bertz CT molecular complexity index is 850. The zero-order valence-electron chi connectivity index (χ0n) is 17.1. The highest BCUT2D eigenvalue weighted by atomic mass is 16.5. The van der Waals surface area contributed by atoms with Crippen LogP contribution < -0.4 is 9.64 Å². The van der Waals surface area contributed by atoms with Crippen LogP contribution in [0.5, 0.6) is 5.75 Å². The third kappa shape index (κ3) is 4.46. The Labute approximate surface area is 172 Å². The lowest BCUT2D eigenvalue weighted by atomic mass is 10.00. The maximum atomic E-state index is 12.6. The number of aryl methyl sites for hydroxylation is 1. The first-order valence-corrected chi connectivity index (χ1v) is 10.7. The lowest BCUT2D eigenvalue weighted by Crippen LogP contribution is -2.30. The molecule has 5 nitrogen and oxygen atoms in total. The normalized spacial score (nSPS) is 19.4. The summed E-state index contributed by atoms with van der Waals surface area (Å²) in [6.07, 6.45) is 4.88. The molecule has 1 amide bonds. The van der Waals surface area contributed by atoms with Crippen LogP contribution >= 0.6 is 0 Å². The Balaban J connectivity index is 1.41. The van der Waals surface area contributed by atoms with Gasteiger partial charge in [0.25, 0.3) is 0 Å². The summed E-state index contributed by atoms with van der Waals surface area (Å²) in [5.41, 5.74) is 3.74. The number of nitrogens with zero attached hydrogens (tertiary/aromatic N) is 2. The van der Waals surface area contributed by atoms with Crippen molar-refractivity contribution in [3.63, 3.8) is 0 Å². The molecule has 1 atom stereocenters. The molecule has 0 aromatic heterocycles. The van der Waals surface area contributed by atoms with E-state index < -0.39 is 0 Å². The molecule has 0 unspecified atom stereocenters. The second kappa shape index (κ2) is 8.97. The van der Waals surface area contributed by atoms with E-state index in [1.807, 2.05) is 36.4 Å². The van der Waals surface area contributed by atoms with Gasteiger partial charge in [0.05, 0.1) is 18.9 Å². The van der Waals surface area contributed by atoms with Gasteiger partial charge in [-0.25, -0.2) is 0 Å². The zero-order chi connectivity index (χ0) is 20.2. The molecule has 2 heterocycles. The van der Waals surface area contributed by atoms with Crippen LogP contribution in [-0.4, -0.2) is 41.7 Å². The van der Waals surface area contributed by atoms with Crippen LogP contribution in [0.1, 0.15) is 43.7 Å². The van der Waals surface area contributed by atoms with Crippen molar-refractivity contribution in [3.05, 3.63) is 53.6 Å². The van der Waals surface area contributed by atoms with Gasteiger partial charge in [0.2, 0.25) is 5.91 Å². The van der Waals surface area contributed by atoms with E-state index in [0.717, 1.165) is 47.6 Å². The van der Waals surface area contributed by atoms with Crippen molar-refractivity contribution >= 4 is 17.3 Å². The van der Waals surface area contributed by atoms with Gasteiger partial charge in [-0.3, -0.25) is 9.69 Å². The molecule has 5 heteroatoms. The molecule has 2 aromatic rings. The molecule has 1 N–H and O–H groups in total. The average Bonchev–Trinajstić information content (AvgIpc) is 3.16. The fraction of sp³-hybridized carbons (Fsp3) is 0.458. The predicted molar refractivity (Wildman–Crippen MR) is 115 cm³/mol. The van der Waals surface area contributed by atoms with E-state index in [2.05, 4.69) is 17.9 Å². The summed E-state index contributed by atoms with van der Waals surface area (Å²) < 4.78 is 6.01. The van der Waals surface area contributed by atoms with Crippen LogP contribution in [0, 0.1) is 0 Å². The maximum absolute atomic E-state index is 12.6. The second-order valence-corrected chi connectivity index (χ2v) is 8.07. The first kappa shape index (κ1) is 19.9. The molecule has 1 fully saturated rings. The summed E-state index contributed by atoms with van der Waals surface area (Å²) in [6, 6.07) is 14.2. The molecule has 0 spiro atoms. The first-order valence-electron chi connectivity index (χ1n) is 10.7. The van der Waals surface area contributed by atoms with Gasteiger partial charge in [-0.05, 0) is 80.6 Å². The number of ether oxygens (including phenoxy) is 1. The number of anilines is 2. The second-order valence-electron chi connectivity index (χ2n) is 8.07. The molecule has 154 valence electrons. The Morgan fingerprint density at radius 3 is 2.69 bits per heavy atom. The van der Waals surface area contributed by atoms with Gasteiger partial charge >= 0.3 is 0 Å². The number of fused-ring (bicyclic) bond motifs is 1. The predicted octanol–water partition coefficient (Wildman–Crippen LogP) is 4.04. The molecule has 29 heavy (non-hydrogen) atoms. The van der Waals surface area contributed by atoms with E-state index >= 15 is 0 Å². The quantitative estimate of drug-likeness (QED) is 0.720. The highest BCUT2D eigenvalue weighted by Crippen LogP contribution is 2.36. The molecule has 4 rings (SSSR count). The average molecular weight is 395 g/mol. The summed E-state index contributed by atoms with van der Waals surface area (Å²) in [4.78, 5) is 16.9. The van der Waals surface area contributed by atoms with Crippen LogP contribution in [0.25, 0.3) is 0 Å². The molecule has 2 aliphatic heterocycles. The van der Waals surface area contributed by atoms with Crippen LogP contribution in [0.4, 0.5) is 11.4 Å². The molecule has 0 radical (unpaired) electrons. The third-order valence-corrected chi connectivity index (χ3v) is 6.08. The highest BCUT2D eigenvalue weighted by Gasteiger charge is 2.26. The van der Waals surface area contributed by atoms with Crippen molar-refractivity contribution in [2.75, 3.05) is 24.6 Å². The number of aliphatic hydroxyl groups excluding tert-OH is 1. The van der Waals surface area contributed by atoms with E-state index in [9.17, 15) is 9.90 Å². The Hall–Kier alpha value is -2.37. The summed E-state index contributed by atoms with van der Waals surface area (Å²) in [7, 11) is 0. The van der Waals surface area contributed by atoms with E-state index in [1.165, 1.54) is 19.4 Å². The zero-order valence-corrected chi connectivity index (χ0v) is 17.1. The van der Waals surface area contributed by atoms with Crippen molar-refractivity contribution < 1.29 is 14.6 Å². The van der Waals surface area contributed by atoms with Gasteiger partial charge < -0.3 is 14.7 Å². The van der Waals surface area contributed by atoms with Crippen molar-refractivity contribution in [1.82, 2.24) is 4.90 Å². The molecular formula is C24H30N2O3. The minimum absolute atomic E-state index is 0.00217. The first-order chi connectivity index (χ1) is 14.2. The van der Waals surface area contributed by atoms with Gasteiger partial charge in [-0.2, -0.15) is 0 Å². The molecule has 2 aliphatic rings. The lowest BCUT2D eigenvalue weighted by molar-refractivity contribution is -0.118. The number of benzene rings is 2. The molecular weight excluding hydrogens is 364 g/mol. The van der Waals surface area contributed by atoms with Crippen LogP contribution in [0.15, 0.2) is 42.5 Å². The molecule has 1 saturated heterocycles. The SMILES string of the molecule is C[C@@H]1CCCN1CCCOc1ccc2c(c1)CCC(=O)N2c1ccc(CO)cc1. The summed E-state index contributed by atoms with van der Waals surface area (Å²) in [5.74, 6) is 0.978. The number of likely N-dealkylation sites (tertiary alicyclic amines) is 1. The summed E-state index contributed by atoms with van der Waals surface area (Å²) in [5, 5.41) is 9.25. The molecule has 0 aliphatic carbocycles. The van der Waals surface area contributed by atoms with Gasteiger partial charge in [-0.1, -0.05) is 12.1 Å². The maximum Gasteiger partial charge on any atom is 0.231 e. The fourth-order valence-corrected chi connectivity index (χ4v) is 4.37. The Morgan fingerprint density at radius 2 is 1.97 bits per heavy atom. The smallest absolute Gasteiger partial charge is 0.231 e. The van der Waals surface area contributed by atoms with E-state index in [1.54, 1.807) is 4.90 Å². The summed E-state index contributed by atoms with van der Waals surface area (Å²) in [6.45, 7) is 5.33. The van der Waals surface area contributed by atoms with Crippen LogP contribution in [0.3, 0.4) is 0 Å². The lowest BCUT2D eigenvalue weighted by Gasteiger charge is -2.30. The number of hydrogen-bond donors (Lipinski definition) is 1. The van der Waals surface area contributed by atoms with Gasteiger partial charge in [-0.15, -0.1) is 0 Å². The van der Waals surface area contributed by atoms with Crippen molar-refractivity contribution in [2.45, 2.75) is 51.7 Å². The van der Waals surface area contributed by atoms with E-state index in [-0.39, 0.29) is 12.5 Å². The van der Waals surface area contributed by atoms with Crippen molar-refractivity contribution in [3.8, 4) is 5.75 Å². The number of amides is 1. The monoisotopic (exact) mass is 394 g/mol. The van der Waals surface area contributed by atoms with Crippen molar-refractivity contribution in [1.29, 1.82) is 0 Å². The van der Waals surface area contributed by atoms with E-state index in [0.29, 0.717) is 19.1 Å². The Morgan fingerprint density at radius 1 is 1.14 bits per heavy atom. The molecule has 0 bridgehead atoms. The third-order valence-electron chi connectivity index (χ3n) is 6.08. The van der Waals surface area contributed by atoms with Gasteiger partial charge in [0.15, 0.2) is 0 Å². The number of rotatable bonds is 7. The van der Waals surface area contributed by atoms with Gasteiger partial charge in [0.1, 0.15) is 5.75 Å².